The SMILES string of the molecule is CC(C)(C)C(=O)OCn1cc(CCC(F)(C(=O)O)C(=O)O)nn1. The first-order valence-corrected chi connectivity index (χ1v) is 6.69. The first kappa shape index (κ1) is 18.5. The van der Waals surface area contributed by atoms with Gasteiger partial charge in [-0.1, -0.05) is 5.21 Å². The predicted octanol–water partition coefficient (Wildman–Crippen LogP) is 0.635. The Labute approximate surface area is 131 Å². The third-order valence-electron chi connectivity index (χ3n) is 2.93. The van der Waals surface area contributed by atoms with E-state index in [4.69, 9.17) is 14.9 Å². The summed E-state index contributed by atoms with van der Waals surface area (Å²) in [6.45, 7) is 4.84. The number of carboxylic acid groups (broad SMARTS) is 2. The quantitative estimate of drug-likeness (QED) is 0.549. The molecule has 128 valence electrons. The summed E-state index contributed by atoms with van der Waals surface area (Å²) in [4.78, 5) is 33.0. The van der Waals surface area contributed by atoms with Gasteiger partial charge in [-0.05, 0) is 27.2 Å². The minimum absolute atomic E-state index is 0.182. The summed E-state index contributed by atoms with van der Waals surface area (Å²) in [7, 11) is 0. The fourth-order valence-corrected chi connectivity index (χ4v) is 1.46. The molecule has 1 heterocycles. The number of nitrogens with zero attached hydrogens (tertiary/aromatic N) is 3. The van der Waals surface area contributed by atoms with Crippen LogP contribution in [0.15, 0.2) is 6.20 Å². The summed E-state index contributed by atoms with van der Waals surface area (Å²) >= 11 is 0. The van der Waals surface area contributed by atoms with E-state index in [1.807, 2.05) is 0 Å². The number of aryl methyl sites for hydroxylation is 1. The van der Waals surface area contributed by atoms with E-state index in [0.29, 0.717) is 0 Å². The number of hydrogen-bond donors (Lipinski definition) is 2. The van der Waals surface area contributed by atoms with Crippen molar-refractivity contribution in [3.05, 3.63) is 11.9 Å². The molecule has 23 heavy (non-hydrogen) atoms. The molecule has 0 aliphatic carbocycles. The number of halogens is 1. The number of alkyl halides is 1. The largest absolute Gasteiger partial charge is 0.478 e. The molecule has 2 N–H and O–H groups in total. The summed E-state index contributed by atoms with van der Waals surface area (Å²) in [6, 6.07) is 0. The Balaban J connectivity index is 2.62. The summed E-state index contributed by atoms with van der Waals surface area (Å²) in [5, 5.41) is 24.6. The number of rotatable bonds is 7. The monoisotopic (exact) mass is 331 g/mol. The maximum Gasteiger partial charge on any atom is 0.353 e. The van der Waals surface area contributed by atoms with Gasteiger partial charge in [-0.2, -0.15) is 0 Å². The van der Waals surface area contributed by atoms with Gasteiger partial charge in [-0.3, -0.25) is 4.79 Å². The van der Waals surface area contributed by atoms with Gasteiger partial charge < -0.3 is 14.9 Å². The zero-order valence-electron chi connectivity index (χ0n) is 12.9. The van der Waals surface area contributed by atoms with Crippen molar-refractivity contribution in [3.8, 4) is 0 Å². The van der Waals surface area contributed by atoms with Crippen molar-refractivity contribution in [2.24, 2.45) is 5.41 Å². The van der Waals surface area contributed by atoms with Gasteiger partial charge in [0.15, 0.2) is 6.73 Å². The molecule has 0 aromatic carbocycles. The number of esters is 1. The Bertz CT molecular complexity index is 593. The number of ether oxygens (including phenoxy) is 1. The molecule has 9 nitrogen and oxygen atoms in total. The van der Waals surface area contributed by atoms with Gasteiger partial charge in [0.05, 0.1) is 17.3 Å². The molecule has 0 aliphatic heterocycles. The van der Waals surface area contributed by atoms with E-state index in [2.05, 4.69) is 10.3 Å². The molecule has 0 saturated heterocycles. The first-order chi connectivity index (χ1) is 10.5. The normalized spacial score (nSPS) is 12.0. The predicted molar refractivity (Wildman–Crippen MR) is 73.0 cm³/mol. The second-order valence-electron chi connectivity index (χ2n) is 5.97. The molecule has 0 unspecified atom stereocenters. The van der Waals surface area contributed by atoms with Crippen LogP contribution in [0.5, 0.6) is 0 Å². The van der Waals surface area contributed by atoms with Gasteiger partial charge in [0.2, 0.25) is 0 Å². The van der Waals surface area contributed by atoms with Crippen LogP contribution < -0.4 is 0 Å². The van der Waals surface area contributed by atoms with E-state index >= 15 is 0 Å². The van der Waals surface area contributed by atoms with Gasteiger partial charge in [-0.25, -0.2) is 18.7 Å². The second-order valence-corrected chi connectivity index (χ2v) is 5.97. The Hall–Kier alpha value is -2.52. The summed E-state index contributed by atoms with van der Waals surface area (Å²) in [5.74, 6) is -4.60. The van der Waals surface area contributed by atoms with E-state index in [1.54, 1.807) is 20.8 Å². The number of aliphatic carboxylic acids is 2. The molecule has 0 fully saturated rings. The molecule has 0 amide bonds. The minimum Gasteiger partial charge on any atom is -0.478 e. The highest BCUT2D eigenvalue weighted by atomic mass is 19.1. The van der Waals surface area contributed by atoms with Gasteiger partial charge in [-0.15, -0.1) is 5.10 Å². The maximum atomic E-state index is 13.8. The molecule has 1 aromatic heterocycles. The average molecular weight is 331 g/mol. The molecular formula is C13H18FN3O6. The molecule has 1 aromatic rings. The van der Waals surface area contributed by atoms with Crippen LogP contribution in [-0.4, -0.2) is 48.8 Å². The molecule has 0 atom stereocenters. The Kier molecular flexibility index (Phi) is 5.41. The van der Waals surface area contributed by atoms with E-state index in [-0.39, 0.29) is 18.8 Å². The topological polar surface area (TPSA) is 132 Å². The molecular weight excluding hydrogens is 313 g/mol. The molecule has 0 spiro atoms. The van der Waals surface area contributed by atoms with Crippen LogP contribution >= 0.6 is 0 Å². The Morgan fingerprint density at radius 2 is 1.83 bits per heavy atom. The molecule has 0 aliphatic rings. The molecule has 1 rings (SSSR count). The first-order valence-electron chi connectivity index (χ1n) is 6.69. The van der Waals surface area contributed by atoms with Crippen molar-refractivity contribution in [1.82, 2.24) is 15.0 Å². The van der Waals surface area contributed by atoms with Crippen molar-refractivity contribution in [1.29, 1.82) is 0 Å². The number of carboxylic acids is 2. The number of aromatic nitrogens is 3. The molecule has 10 heteroatoms. The number of hydrogen-bond acceptors (Lipinski definition) is 6. The fraction of sp³-hybridized carbons (Fsp3) is 0.615. The average Bonchev–Trinajstić information content (AvgIpc) is 2.88. The maximum absolute atomic E-state index is 13.8. The highest BCUT2D eigenvalue weighted by Gasteiger charge is 2.47. The molecule has 0 bridgehead atoms. The highest BCUT2D eigenvalue weighted by molar-refractivity contribution is 6.01. The molecule has 0 saturated carbocycles. The lowest BCUT2D eigenvalue weighted by Crippen LogP contribution is -2.42. The van der Waals surface area contributed by atoms with E-state index in [9.17, 15) is 18.8 Å². The van der Waals surface area contributed by atoms with Crippen molar-refractivity contribution >= 4 is 17.9 Å². The Morgan fingerprint density at radius 1 is 1.26 bits per heavy atom. The van der Waals surface area contributed by atoms with Crippen molar-refractivity contribution in [3.63, 3.8) is 0 Å². The van der Waals surface area contributed by atoms with E-state index in [0.717, 1.165) is 0 Å². The van der Waals surface area contributed by atoms with Crippen LogP contribution in [0.3, 0.4) is 0 Å². The number of carbonyl (C=O) groups excluding carboxylic acids is 1. The van der Waals surface area contributed by atoms with Gasteiger partial charge >= 0.3 is 23.6 Å². The highest BCUT2D eigenvalue weighted by Crippen LogP contribution is 2.20. The number of carbonyl (C=O) groups is 3. The van der Waals surface area contributed by atoms with Gasteiger partial charge in [0.1, 0.15) is 0 Å². The third kappa shape index (κ3) is 4.73. The smallest absolute Gasteiger partial charge is 0.353 e. The van der Waals surface area contributed by atoms with Crippen LogP contribution in [0.2, 0.25) is 0 Å². The van der Waals surface area contributed by atoms with Crippen molar-refractivity contribution in [2.45, 2.75) is 46.0 Å². The fourth-order valence-electron chi connectivity index (χ4n) is 1.46. The molecule has 0 radical (unpaired) electrons. The zero-order valence-corrected chi connectivity index (χ0v) is 12.9. The third-order valence-corrected chi connectivity index (χ3v) is 2.93. The lowest BCUT2D eigenvalue weighted by molar-refractivity contribution is -0.167. The van der Waals surface area contributed by atoms with Crippen molar-refractivity contribution < 1.29 is 33.7 Å². The van der Waals surface area contributed by atoms with Crippen LogP contribution in [0.25, 0.3) is 0 Å². The van der Waals surface area contributed by atoms with E-state index in [1.165, 1.54) is 10.9 Å². The van der Waals surface area contributed by atoms with Crippen LogP contribution in [0.4, 0.5) is 4.39 Å². The van der Waals surface area contributed by atoms with E-state index < -0.39 is 35.4 Å². The van der Waals surface area contributed by atoms with Crippen molar-refractivity contribution in [2.75, 3.05) is 0 Å². The lowest BCUT2D eigenvalue weighted by Gasteiger charge is -2.16. The lowest BCUT2D eigenvalue weighted by atomic mass is 9.98. The Morgan fingerprint density at radius 3 is 2.30 bits per heavy atom. The van der Waals surface area contributed by atoms with Crippen LogP contribution in [0, 0.1) is 5.41 Å². The minimum atomic E-state index is -3.39. The van der Waals surface area contributed by atoms with Crippen LogP contribution in [0.1, 0.15) is 32.9 Å². The van der Waals surface area contributed by atoms with Gasteiger partial charge in [0.25, 0.3) is 0 Å². The summed E-state index contributed by atoms with van der Waals surface area (Å²) < 4.78 is 19.9. The zero-order chi connectivity index (χ0) is 17.8. The standard InChI is InChI=1S/C13H18FN3O6/c1-12(2,3)11(22)23-7-17-6-8(15-16-17)4-5-13(14,9(18)19)10(20)21/h6H,4-5,7H2,1-3H3,(H,18,19)(H,20,21). The second kappa shape index (κ2) is 6.71. The summed E-state index contributed by atoms with van der Waals surface area (Å²) in [6.07, 6.45) is 0.278. The summed E-state index contributed by atoms with van der Waals surface area (Å²) in [5.41, 5.74) is -3.88. The van der Waals surface area contributed by atoms with Gasteiger partial charge in [0, 0.05) is 6.42 Å². The van der Waals surface area contributed by atoms with Crippen LogP contribution in [-0.2, 0) is 32.3 Å².